The summed E-state index contributed by atoms with van der Waals surface area (Å²) in [7, 11) is 0. The number of nitrogens with zero attached hydrogens (tertiary/aromatic N) is 1. The van der Waals surface area contributed by atoms with Crippen molar-refractivity contribution in [1.29, 1.82) is 0 Å². The summed E-state index contributed by atoms with van der Waals surface area (Å²) in [5.74, 6) is 0. The molecule has 0 bridgehead atoms. The molecule has 1 nitrogen and oxygen atoms in total. The molecule has 0 aliphatic carbocycles. The Morgan fingerprint density at radius 2 is 2.10 bits per heavy atom. The summed E-state index contributed by atoms with van der Waals surface area (Å²) in [4.78, 5) is 2.29. The van der Waals surface area contributed by atoms with Crippen LogP contribution >= 0.6 is 0 Å². The Bertz CT molecular complexity index is 172. The highest BCUT2D eigenvalue weighted by molar-refractivity contribution is 5.23. The summed E-state index contributed by atoms with van der Waals surface area (Å²) in [6.07, 6.45) is 4.19. The molecule has 0 radical (unpaired) electrons. The monoisotopic (exact) mass is 137 g/mol. The molecular formula is C9H15N. The molecule has 0 saturated heterocycles. The number of hydrogen-bond acceptors (Lipinski definition) is 1. The first-order valence-electron chi connectivity index (χ1n) is 3.63. The summed E-state index contributed by atoms with van der Waals surface area (Å²) in [5, 5.41) is 0. The van der Waals surface area contributed by atoms with E-state index in [9.17, 15) is 0 Å². The Hall–Kier alpha value is -0.720. The van der Waals surface area contributed by atoms with Gasteiger partial charge in [0, 0.05) is 18.3 Å². The minimum Gasteiger partial charge on any atom is -0.368 e. The van der Waals surface area contributed by atoms with Gasteiger partial charge in [-0.1, -0.05) is 6.58 Å². The van der Waals surface area contributed by atoms with E-state index in [0.717, 1.165) is 6.54 Å². The van der Waals surface area contributed by atoms with Gasteiger partial charge in [-0.25, -0.2) is 0 Å². The van der Waals surface area contributed by atoms with Crippen molar-refractivity contribution >= 4 is 0 Å². The Morgan fingerprint density at radius 1 is 1.50 bits per heavy atom. The molecule has 1 heteroatoms. The molecule has 0 unspecified atom stereocenters. The van der Waals surface area contributed by atoms with Crippen LogP contribution in [0.1, 0.15) is 20.8 Å². The highest BCUT2D eigenvalue weighted by Gasteiger charge is 2.20. The van der Waals surface area contributed by atoms with Crippen LogP contribution in [0.4, 0.5) is 0 Å². The second-order valence-electron chi connectivity index (χ2n) is 3.77. The van der Waals surface area contributed by atoms with E-state index in [1.165, 1.54) is 5.57 Å². The van der Waals surface area contributed by atoms with Crippen molar-refractivity contribution in [1.82, 2.24) is 4.90 Å². The van der Waals surface area contributed by atoms with Crippen LogP contribution in [0.15, 0.2) is 24.4 Å². The third-order valence-corrected chi connectivity index (χ3v) is 1.73. The van der Waals surface area contributed by atoms with Gasteiger partial charge in [0.05, 0.1) is 0 Å². The molecule has 0 aromatic rings. The lowest BCUT2D eigenvalue weighted by Gasteiger charge is -2.31. The molecule has 0 N–H and O–H groups in total. The lowest BCUT2D eigenvalue weighted by atomic mass is 10.1. The minimum atomic E-state index is 0.246. The lowest BCUT2D eigenvalue weighted by Crippen LogP contribution is -2.35. The van der Waals surface area contributed by atoms with E-state index in [2.05, 4.69) is 44.5 Å². The summed E-state index contributed by atoms with van der Waals surface area (Å²) >= 11 is 0. The second-order valence-corrected chi connectivity index (χ2v) is 3.77. The van der Waals surface area contributed by atoms with Crippen molar-refractivity contribution in [3.63, 3.8) is 0 Å². The topological polar surface area (TPSA) is 3.24 Å². The molecule has 10 heavy (non-hydrogen) atoms. The van der Waals surface area contributed by atoms with Gasteiger partial charge in [-0.3, -0.25) is 0 Å². The first kappa shape index (κ1) is 7.39. The molecule has 0 atom stereocenters. The van der Waals surface area contributed by atoms with Crippen molar-refractivity contribution < 1.29 is 0 Å². The van der Waals surface area contributed by atoms with Gasteiger partial charge in [-0.2, -0.15) is 0 Å². The van der Waals surface area contributed by atoms with Gasteiger partial charge in [-0.05, 0) is 32.4 Å². The number of rotatable bonds is 0. The van der Waals surface area contributed by atoms with E-state index in [4.69, 9.17) is 0 Å². The largest absolute Gasteiger partial charge is 0.368 e. The van der Waals surface area contributed by atoms with Gasteiger partial charge in [-0.15, -0.1) is 0 Å². The quantitative estimate of drug-likeness (QED) is 0.494. The van der Waals surface area contributed by atoms with Crippen LogP contribution in [0.25, 0.3) is 0 Å². The van der Waals surface area contributed by atoms with Gasteiger partial charge in [0.1, 0.15) is 0 Å². The SMILES string of the molecule is C=C1C=CN(C(C)(C)C)C1. The Morgan fingerprint density at radius 3 is 2.30 bits per heavy atom. The van der Waals surface area contributed by atoms with Crippen molar-refractivity contribution in [2.75, 3.05) is 6.54 Å². The predicted molar refractivity (Wildman–Crippen MR) is 44.7 cm³/mol. The fraction of sp³-hybridized carbons (Fsp3) is 0.556. The zero-order valence-corrected chi connectivity index (χ0v) is 7.02. The Labute approximate surface area is 63.0 Å². The van der Waals surface area contributed by atoms with Gasteiger partial charge >= 0.3 is 0 Å². The third-order valence-electron chi connectivity index (χ3n) is 1.73. The maximum atomic E-state index is 3.89. The average molecular weight is 137 g/mol. The standard InChI is InChI=1S/C9H15N/c1-8-5-6-10(7-8)9(2,3)4/h5-6H,1,7H2,2-4H3. The summed E-state index contributed by atoms with van der Waals surface area (Å²) in [6, 6.07) is 0. The van der Waals surface area contributed by atoms with Crippen molar-refractivity contribution in [2.24, 2.45) is 0 Å². The smallest absolute Gasteiger partial charge is 0.0424 e. The Balaban J connectivity index is 2.63. The summed E-state index contributed by atoms with van der Waals surface area (Å²) < 4.78 is 0. The van der Waals surface area contributed by atoms with Crippen LogP contribution in [0, 0.1) is 0 Å². The van der Waals surface area contributed by atoms with E-state index in [-0.39, 0.29) is 5.54 Å². The highest BCUT2D eigenvalue weighted by Crippen LogP contribution is 2.20. The van der Waals surface area contributed by atoms with Crippen LogP contribution in [0.5, 0.6) is 0 Å². The van der Waals surface area contributed by atoms with Crippen molar-refractivity contribution in [3.05, 3.63) is 24.4 Å². The number of hydrogen-bond donors (Lipinski definition) is 0. The first-order valence-corrected chi connectivity index (χ1v) is 3.63. The molecule has 1 heterocycles. The van der Waals surface area contributed by atoms with Crippen LogP contribution in [-0.4, -0.2) is 17.0 Å². The molecule has 1 rings (SSSR count). The Kier molecular flexibility index (Phi) is 1.59. The van der Waals surface area contributed by atoms with E-state index in [0.29, 0.717) is 0 Å². The molecule has 1 aliphatic rings. The van der Waals surface area contributed by atoms with Crippen LogP contribution in [-0.2, 0) is 0 Å². The average Bonchev–Trinajstić information content (AvgIpc) is 2.11. The lowest BCUT2D eigenvalue weighted by molar-refractivity contribution is 0.232. The fourth-order valence-electron chi connectivity index (χ4n) is 0.980. The van der Waals surface area contributed by atoms with E-state index in [1.54, 1.807) is 0 Å². The van der Waals surface area contributed by atoms with Crippen LogP contribution < -0.4 is 0 Å². The molecule has 0 aromatic carbocycles. The van der Waals surface area contributed by atoms with Gasteiger partial charge in [0.2, 0.25) is 0 Å². The minimum absolute atomic E-state index is 0.246. The maximum Gasteiger partial charge on any atom is 0.0424 e. The normalized spacial score (nSPS) is 18.7. The predicted octanol–water partition coefficient (Wildman–Crippen LogP) is 2.17. The van der Waals surface area contributed by atoms with E-state index >= 15 is 0 Å². The molecule has 0 spiro atoms. The maximum absolute atomic E-state index is 3.89. The fourth-order valence-corrected chi connectivity index (χ4v) is 0.980. The zero-order valence-electron chi connectivity index (χ0n) is 7.02. The molecule has 0 fully saturated rings. The first-order chi connectivity index (χ1) is 4.50. The van der Waals surface area contributed by atoms with Gasteiger partial charge < -0.3 is 4.90 Å². The highest BCUT2D eigenvalue weighted by atomic mass is 15.2. The van der Waals surface area contributed by atoms with Crippen molar-refractivity contribution in [2.45, 2.75) is 26.3 Å². The molecular weight excluding hydrogens is 122 g/mol. The molecule has 56 valence electrons. The molecule has 0 aromatic heterocycles. The molecule has 0 amide bonds. The zero-order chi connectivity index (χ0) is 7.78. The summed E-state index contributed by atoms with van der Waals surface area (Å²) in [5.41, 5.74) is 1.45. The van der Waals surface area contributed by atoms with Crippen molar-refractivity contribution in [3.8, 4) is 0 Å². The summed E-state index contributed by atoms with van der Waals surface area (Å²) in [6.45, 7) is 11.5. The van der Waals surface area contributed by atoms with Crippen LogP contribution in [0.3, 0.4) is 0 Å². The third kappa shape index (κ3) is 1.41. The molecule has 1 aliphatic heterocycles. The molecule has 0 saturated carbocycles. The van der Waals surface area contributed by atoms with E-state index in [1.807, 2.05) is 0 Å². The van der Waals surface area contributed by atoms with E-state index < -0.39 is 0 Å². The second kappa shape index (κ2) is 2.15. The van der Waals surface area contributed by atoms with Gasteiger partial charge in [0.15, 0.2) is 0 Å². The van der Waals surface area contributed by atoms with Gasteiger partial charge in [0.25, 0.3) is 0 Å². The van der Waals surface area contributed by atoms with Crippen LogP contribution in [0.2, 0.25) is 0 Å².